The molecule has 3 N–H and O–H groups in total. The van der Waals surface area contributed by atoms with Crippen molar-refractivity contribution < 1.29 is 4.79 Å². The predicted molar refractivity (Wildman–Crippen MR) is 76.1 cm³/mol. The standard InChI is InChI=1S/C15H22N4O/c1-9-13(7-17-8-18-9)15(20)19-14-10-3-2-4-11(14)6-12(16)5-10/h7-8,10-12,14H,2-6,16H2,1H3,(H,19,20). The smallest absolute Gasteiger partial charge is 0.254 e. The predicted octanol–water partition coefficient (Wildman–Crippen LogP) is 1.42. The minimum absolute atomic E-state index is 0.0412. The molecule has 2 bridgehead atoms. The Hall–Kier alpha value is -1.49. The maximum Gasteiger partial charge on any atom is 0.254 e. The van der Waals surface area contributed by atoms with Crippen molar-refractivity contribution in [2.45, 2.75) is 51.1 Å². The Morgan fingerprint density at radius 1 is 1.35 bits per heavy atom. The second-order valence-corrected chi connectivity index (χ2v) is 6.20. The van der Waals surface area contributed by atoms with Crippen molar-refractivity contribution in [3.8, 4) is 0 Å². The summed E-state index contributed by atoms with van der Waals surface area (Å²) in [5.41, 5.74) is 7.44. The number of carbonyl (C=O) groups excluding carboxylic acids is 1. The summed E-state index contributed by atoms with van der Waals surface area (Å²) in [6, 6.07) is 0.580. The largest absolute Gasteiger partial charge is 0.349 e. The SMILES string of the molecule is Cc1ncncc1C(=O)NC1C2CCCC1CC(N)C2. The van der Waals surface area contributed by atoms with Gasteiger partial charge in [0.25, 0.3) is 5.91 Å². The molecule has 2 aliphatic carbocycles. The molecule has 0 aromatic carbocycles. The number of carbonyl (C=O) groups is 1. The molecule has 0 aliphatic heterocycles. The van der Waals surface area contributed by atoms with E-state index in [1.807, 2.05) is 6.92 Å². The van der Waals surface area contributed by atoms with E-state index >= 15 is 0 Å². The molecule has 20 heavy (non-hydrogen) atoms. The number of hydrogen-bond donors (Lipinski definition) is 2. The fourth-order valence-electron chi connectivity index (χ4n) is 3.87. The van der Waals surface area contributed by atoms with Crippen LogP contribution in [-0.4, -0.2) is 28.0 Å². The lowest BCUT2D eigenvalue weighted by atomic mass is 9.67. The Morgan fingerprint density at radius 3 is 2.70 bits per heavy atom. The number of fused-ring (bicyclic) bond motifs is 2. The molecule has 3 rings (SSSR count). The average Bonchev–Trinajstić information content (AvgIpc) is 2.40. The van der Waals surface area contributed by atoms with Crippen LogP contribution in [0.5, 0.6) is 0 Å². The second kappa shape index (κ2) is 5.48. The van der Waals surface area contributed by atoms with Crippen LogP contribution in [0.15, 0.2) is 12.5 Å². The zero-order chi connectivity index (χ0) is 14.1. The molecule has 5 nitrogen and oxygen atoms in total. The molecule has 2 unspecified atom stereocenters. The lowest BCUT2D eigenvalue weighted by Crippen LogP contribution is -2.53. The Morgan fingerprint density at radius 2 is 2.05 bits per heavy atom. The monoisotopic (exact) mass is 274 g/mol. The van der Waals surface area contributed by atoms with E-state index in [0.29, 0.717) is 23.4 Å². The Kier molecular flexibility index (Phi) is 3.70. The topological polar surface area (TPSA) is 80.9 Å². The minimum atomic E-state index is -0.0412. The number of amides is 1. The third-order valence-corrected chi connectivity index (χ3v) is 4.83. The Balaban J connectivity index is 1.74. The molecule has 5 heteroatoms. The van der Waals surface area contributed by atoms with E-state index in [4.69, 9.17) is 5.73 Å². The van der Waals surface area contributed by atoms with Crippen molar-refractivity contribution in [2.24, 2.45) is 17.6 Å². The highest BCUT2D eigenvalue weighted by atomic mass is 16.1. The van der Waals surface area contributed by atoms with Gasteiger partial charge in [0.2, 0.25) is 0 Å². The molecule has 2 atom stereocenters. The van der Waals surface area contributed by atoms with Gasteiger partial charge < -0.3 is 11.1 Å². The first kappa shape index (κ1) is 13.5. The summed E-state index contributed by atoms with van der Waals surface area (Å²) in [5.74, 6) is 1.03. The fraction of sp³-hybridized carbons (Fsp3) is 0.667. The van der Waals surface area contributed by atoms with E-state index in [1.54, 1.807) is 6.20 Å². The van der Waals surface area contributed by atoms with Gasteiger partial charge >= 0.3 is 0 Å². The first-order valence-electron chi connectivity index (χ1n) is 7.48. The van der Waals surface area contributed by atoms with Crippen molar-refractivity contribution >= 4 is 5.91 Å². The van der Waals surface area contributed by atoms with Crippen LogP contribution in [0.1, 0.15) is 48.2 Å². The Labute approximate surface area is 119 Å². The maximum atomic E-state index is 12.4. The number of nitrogens with two attached hydrogens (primary N) is 1. The molecule has 0 radical (unpaired) electrons. The molecule has 1 aromatic rings. The van der Waals surface area contributed by atoms with Gasteiger partial charge in [-0.1, -0.05) is 6.42 Å². The summed E-state index contributed by atoms with van der Waals surface area (Å²) >= 11 is 0. The van der Waals surface area contributed by atoms with Crippen LogP contribution in [-0.2, 0) is 0 Å². The van der Waals surface area contributed by atoms with Gasteiger partial charge in [-0.2, -0.15) is 0 Å². The van der Waals surface area contributed by atoms with Gasteiger partial charge in [-0.25, -0.2) is 9.97 Å². The van der Waals surface area contributed by atoms with Gasteiger partial charge in [0.1, 0.15) is 6.33 Å². The van der Waals surface area contributed by atoms with Crippen LogP contribution < -0.4 is 11.1 Å². The van der Waals surface area contributed by atoms with Gasteiger partial charge in [0.05, 0.1) is 11.3 Å². The van der Waals surface area contributed by atoms with E-state index in [9.17, 15) is 4.79 Å². The third kappa shape index (κ3) is 2.54. The molecule has 2 aliphatic rings. The third-order valence-electron chi connectivity index (χ3n) is 4.83. The summed E-state index contributed by atoms with van der Waals surface area (Å²) in [6.45, 7) is 1.84. The van der Waals surface area contributed by atoms with Crippen LogP contribution >= 0.6 is 0 Å². The summed E-state index contributed by atoms with van der Waals surface area (Å²) in [4.78, 5) is 20.5. The van der Waals surface area contributed by atoms with Gasteiger partial charge in [-0.05, 0) is 44.4 Å². The van der Waals surface area contributed by atoms with Crippen LogP contribution in [0, 0.1) is 18.8 Å². The molecule has 0 saturated heterocycles. The van der Waals surface area contributed by atoms with E-state index < -0.39 is 0 Å². The molecule has 2 saturated carbocycles. The van der Waals surface area contributed by atoms with Crippen molar-refractivity contribution in [3.05, 3.63) is 23.8 Å². The lowest BCUT2D eigenvalue weighted by Gasteiger charge is -2.45. The maximum absolute atomic E-state index is 12.4. The van der Waals surface area contributed by atoms with Gasteiger partial charge in [0, 0.05) is 18.3 Å². The van der Waals surface area contributed by atoms with Crippen LogP contribution in [0.3, 0.4) is 0 Å². The van der Waals surface area contributed by atoms with E-state index in [-0.39, 0.29) is 11.9 Å². The van der Waals surface area contributed by atoms with E-state index in [0.717, 1.165) is 18.5 Å². The van der Waals surface area contributed by atoms with Crippen molar-refractivity contribution in [3.63, 3.8) is 0 Å². The van der Waals surface area contributed by atoms with E-state index in [2.05, 4.69) is 15.3 Å². The molecule has 1 aromatic heterocycles. The summed E-state index contributed by atoms with van der Waals surface area (Å²) < 4.78 is 0. The first-order chi connectivity index (χ1) is 9.65. The van der Waals surface area contributed by atoms with Gasteiger partial charge in [0.15, 0.2) is 0 Å². The summed E-state index contributed by atoms with van der Waals surface area (Å²) in [5, 5.41) is 3.22. The number of nitrogens with one attached hydrogen (secondary N) is 1. The number of nitrogens with zero attached hydrogens (tertiary/aromatic N) is 2. The van der Waals surface area contributed by atoms with Crippen molar-refractivity contribution in [1.82, 2.24) is 15.3 Å². The van der Waals surface area contributed by atoms with Crippen LogP contribution in [0.4, 0.5) is 0 Å². The van der Waals surface area contributed by atoms with Crippen LogP contribution in [0.2, 0.25) is 0 Å². The summed E-state index contributed by atoms with van der Waals surface area (Å²) in [7, 11) is 0. The summed E-state index contributed by atoms with van der Waals surface area (Å²) in [6.07, 6.45) is 8.76. The number of hydrogen-bond acceptors (Lipinski definition) is 4. The van der Waals surface area contributed by atoms with Gasteiger partial charge in [-0.15, -0.1) is 0 Å². The lowest BCUT2D eigenvalue weighted by molar-refractivity contribution is 0.0754. The highest BCUT2D eigenvalue weighted by Crippen LogP contribution is 2.39. The van der Waals surface area contributed by atoms with Crippen molar-refractivity contribution in [1.29, 1.82) is 0 Å². The molecular formula is C15H22N4O. The zero-order valence-corrected chi connectivity index (χ0v) is 11.9. The van der Waals surface area contributed by atoms with Gasteiger partial charge in [-0.3, -0.25) is 4.79 Å². The molecule has 108 valence electrons. The molecule has 0 spiro atoms. The molecular weight excluding hydrogens is 252 g/mol. The number of aromatic nitrogens is 2. The minimum Gasteiger partial charge on any atom is -0.349 e. The molecule has 1 heterocycles. The van der Waals surface area contributed by atoms with Crippen LogP contribution in [0.25, 0.3) is 0 Å². The number of aryl methyl sites for hydroxylation is 1. The highest BCUT2D eigenvalue weighted by molar-refractivity contribution is 5.95. The Bertz CT molecular complexity index is 490. The zero-order valence-electron chi connectivity index (χ0n) is 11.9. The molecule has 1 amide bonds. The fourth-order valence-corrected chi connectivity index (χ4v) is 3.87. The average molecular weight is 274 g/mol. The second-order valence-electron chi connectivity index (χ2n) is 6.20. The normalized spacial score (nSPS) is 32.7. The first-order valence-corrected chi connectivity index (χ1v) is 7.48. The highest BCUT2D eigenvalue weighted by Gasteiger charge is 2.40. The molecule has 2 fully saturated rings. The number of rotatable bonds is 2. The van der Waals surface area contributed by atoms with E-state index in [1.165, 1.54) is 25.6 Å². The quantitative estimate of drug-likeness (QED) is 0.854. The van der Waals surface area contributed by atoms with Crippen molar-refractivity contribution in [2.75, 3.05) is 0 Å².